The molecule has 0 aliphatic carbocycles. The van der Waals surface area contributed by atoms with Gasteiger partial charge >= 0.3 is 6.03 Å². The first-order valence-corrected chi connectivity index (χ1v) is 12.4. The van der Waals surface area contributed by atoms with Crippen LogP contribution in [-0.4, -0.2) is 86.1 Å². The summed E-state index contributed by atoms with van der Waals surface area (Å²) in [4.78, 5) is 31.2. The topological polar surface area (TPSA) is 65.1 Å². The molecule has 1 N–H and O–H groups in total. The van der Waals surface area contributed by atoms with E-state index in [1.54, 1.807) is 7.11 Å². The number of methoxy groups -OCH3 is 1. The molecular formula is C26H42N4O3. The molecule has 33 heavy (non-hydrogen) atoms. The summed E-state index contributed by atoms with van der Waals surface area (Å²) in [7, 11) is 1.67. The maximum Gasteiger partial charge on any atom is 0.317 e. The first kappa shape index (κ1) is 26.7. The van der Waals surface area contributed by atoms with E-state index in [0.717, 1.165) is 76.3 Å². The number of hydrogen-bond donors (Lipinski definition) is 1. The van der Waals surface area contributed by atoms with Crippen LogP contribution in [0, 0.1) is 0 Å². The number of carbonyl (C=O) groups excluding carboxylic acids is 2. The molecular weight excluding hydrogens is 416 g/mol. The lowest BCUT2D eigenvalue weighted by molar-refractivity contribution is -0.131. The molecule has 2 rings (SSSR count). The van der Waals surface area contributed by atoms with Gasteiger partial charge in [0.15, 0.2) is 0 Å². The molecule has 7 heteroatoms. The van der Waals surface area contributed by atoms with E-state index in [1.165, 1.54) is 0 Å². The molecule has 0 radical (unpaired) electrons. The summed E-state index contributed by atoms with van der Waals surface area (Å²) in [5, 5.41) is 3.00. The molecule has 0 spiro atoms. The first-order chi connectivity index (χ1) is 16.1. The van der Waals surface area contributed by atoms with E-state index < -0.39 is 0 Å². The Bertz CT molecular complexity index is 745. The molecule has 0 aromatic heterocycles. The molecule has 1 aliphatic heterocycles. The normalized spacial score (nSPS) is 14.5. The molecule has 1 aromatic rings. The van der Waals surface area contributed by atoms with Crippen LogP contribution in [0.1, 0.15) is 51.5 Å². The molecule has 3 amide bonds. The molecule has 184 valence electrons. The van der Waals surface area contributed by atoms with E-state index in [4.69, 9.17) is 4.74 Å². The van der Waals surface area contributed by atoms with E-state index in [0.29, 0.717) is 19.5 Å². The Labute approximate surface area is 199 Å². The zero-order chi connectivity index (χ0) is 23.9. The fourth-order valence-corrected chi connectivity index (χ4v) is 3.84. The fourth-order valence-electron chi connectivity index (χ4n) is 3.84. The van der Waals surface area contributed by atoms with Gasteiger partial charge in [0.25, 0.3) is 0 Å². The lowest BCUT2D eigenvalue weighted by Crippen LogP contribution is -2.53. The number of benzene rings is 1. The Balaban J connectivity index is 1.85. The number of nitrogens with one attached hydrogen (secondary N) is 1. The molecule has 0 bridgehead atoms. The third kappa shape index (κ3) is 9.46. The van der Waals surface area contributed by atoms with Crippen molar-refractivity contribution in [1.82, 2.24) is 20.0 Å². The van der Waals surface area contributed by atoms with Crippen LogP contribution in [0.15, 0.2) is 30.3 Å². The van der Waals surface area contributed by atoms with Gasteiger partial charge in [0.2, 0.25) is 5.91 Å². The van der Waals surface area contributed by atoms with Crippen molar-refractivity contribution in [3.8, 4) is 5.75 Å². The summed E-state index contributed by atoms with van der Waals surface area (Å²) in [6.07, 6.45) is 8.67. The third-order valence-electron chi connectivity index (χ3n) is 6.01. The van der Waals surface area contributed by atoms with Crippen molar-refractivity contribution in [2.75, 3.05) is 59.5 Å². The monoisotopic (exact) mass is 458 g/mol. The minimum absolute atomic E-state index is 0.0425. The lowest BCUT2D eigenvalue weighted by atomic mass is 10.2. The summed E-state index contributed by atoms with van der Waals surface area (Å²) >= 11 is 0. The first-order valence-electron chi connectivity index (χ1n) is 12.4. The average molecular weight is 459 g/mol. The van der Waals surface area contributed by atoms with Gasteiger partial charge in [0.05, 0.1) is 7.11 Å². The number of ether oxygens (including phenoxy) is 1. The van der Waals surface area contributed by atoms with Crippen molar-refractivity contribution in [3.63, 3.8) is 0 Å². The highest BCUT2D eigenvalue weighted by atomic mass is 16.5. The summed E-state index contributed by atoms with van der Waals surface area (Å²) in [5.41, 5.74) is 1.01. The van der Waals surface area contributed by atoms with Crippen molar-refractivity contribution < 1.29 is 14.3 Å². The Morgan fingerprint density at radius 2 is 1.82 bits per heavy atom. The highest BCUT2D eigenvalue weighted by Gasteiger charge is 2.21. The van der Waals surface area contributed by atoms with Crippen LogP contribution >= 0.6 is 0 Å². The zero-order valence-electron chi connectivity index (χ0n) is 20.7. The van der Waals surface area contributed by atoms with Crippen molar-refractivity contribution in [3.05, 3.63) is 35.9 Å². The number of urea groups is 1. The molecule has 1 fully saturated rings. The van der Waals surface area contributed by atoms with Gasteiger partial charge in [-0.2, -0.15) is 0 Å². The average Bonchev–Trinajstić information content (AvgIpc) is 2.85. The van der Waals surface area contributed by atoms with E-state index >= 15 is 0 Å². The standard InChI is InChI=1S/C26H42N4O3/c1-4-6-14-25(31)29(16-10-12-23-11-8-9-13-24(23)33-3)20-17-28-18-21-30(22-19-28)26(32)27-15-7-5-2/h8-13H,4-7,14-22H2,1-3H3,(H,27,32)/b12-10+. The van der Waals surface area contributed by atoms with Crippen molar-refractivity contribution in [2.45, 2.75) is 46.0 Å². The molecule has 1 aromatic carbocycles. The van der Waals surface area contributed by atoms with Gasteiger partial charge in [-0.15, -0.1) is 0 Å². The summed E-state index contributed by atoms with van der Waals surface area (Å²) < 4.78 is 5.41. The van der Waals surface area contributed by atoms with Crippen molar-refractivity contribution in [1.29, 1.82) is 0 Å². The van der Waals surface area contributed by atoms with Crippen LogP contribution in [0.3, 0.4) is 0 Å². The quantitative estimate of drug-likeness (QED) is 0.456. The number of amides is 3. The van der Waals surface area contributed by atoms with Gasteiger partial charge in [-0.3, -0.25) is 9.69 Å². The second kappa shape index (κ2) is 15.3. The smallest absolute Gasteiger partial charge is 0.317 e. The van der Waals surface area contributed by atoms with Crippen LogP contribution in [0.2, 0.25) is 0 Å². The number of nitrogens with zero attached hydrogens (tertiary/aromatic N) is 3. The second-order valence-corrected chi connectivity index (χ2v) is 8.50. The zero-order valence-corrected chi connectivity index (χ0v) is 20.7. The number of rotatable bonds is 13. The van der Waals surface area contributed by atoms with Gasteiger partial charge in [-0.05, 0) is 18.9 Å². The summed E-state index contributed by atoms with van der Waals surface area (Å²) in [6, 6.07) is 7.92. The van der Waals surface area contributed by atoms with Crippen LogP contribution in [0.4, 0.5) is 4.79 Å². The number of para-hydroxylation sites is 1. The van der Waals surface area contributed by atoms with Crippen molar-refractivity contribution in [2.24, 2.45) is 0 Å². The second-order valence-electron chi connectivity index (χ2n) is 8.50. The Morgan fingerprint density at radius 3 is 2.52 bits per heavy atom. The molecule has 0 atom stereocenters. The van der Waals surface area contributed by atoms with Gasteiger partial charge in [0, 0.05) is 64.3 Å². The minimum atomic E-state index is 0.0425. The van der Waals surface area contributed by atoms with E-state index in [1.807, 2.05) is 46.2 Å². The number of unbranched alkanes of at least 4 members (excludes halogenated alkanes) is 2. The lowest BCUT2D eigenvalue weighted by Gasteiger charge is -2.35. The Hall–Kier alpha value is -2.54. The Kier molecular flexibility index (Phi) is 12.4. The van der Waals surface area contributed by atoms with Crippen molar-refractivity contribution >= 4 is 18.0 Å². The molecule has 7 nitrogen and oxygen atoms in total. The molecule has 0 unspecified atom stereocenters. The number of carbonyl (C=O) groups is 2. The largest absolute Gasteiger partial charge is 0.496 e. The van der Waals surface area contributed by atoms with Gasteiger partial charge < -0.3 is 19.9 Å². The third-order valence-corrected chi connectivity index (χ3v) is 6.01. The number of hydrogen-bond acceptors (Lipinski definition) is 4. The highest BCUT2D eigenvalue weighted by molar-refractivity contribution is 5.76. The molecule has 0 saturated carbocycles. The number of piperazine rings is 1. The predicted octanol–water partition coefficient (Wildman–Crippen LogP) is 3.85. The molecule has 1 aliphatic rings. The maximum atomic E-state index is 12.8. The predicted molar refractivity (Wildman–Crippen MR) is 134 cm³/mol. The molecule has 1 heterocycles. The molecule has 1 saturated heterocycles. The van der Waals surface area contributed by atoms with Crippen LogP contribution in [0.5, 0.6) is 5.75 Å². The van der Waals surface area contributed by atoms with E-state index in [2.05, 4.69) is 24.1 Å². The summed E-state index contributed by atoms with van der Waals surface area (Å²) in [6.45, 7) is 10.2. The fraction of sp³-hybridized carbons (Fsp3) is 0.615. The van der Waals surface area contributed by atoms with Gasteiger partial charge in [-0.1, -0.05) is 57.0 Å². The van der Waals surface area contributed by atoms with Crippen LogP contribution < -0.4 is 10.1 Å². The maximum absolute atomic E-state index is 12.8. The van der Waals surface area contributed by atoms with Gasteiger partial charge in [-0.25, -0.2) is 4.79 Å². The van der Waals surface area contributed by atoms with Gasteiger partial charge in [0.1, 0.15) is 5.75 Å². The summed E-state index contributed by atoms with van der Waals surface area (Å²) in [5.74, 6) is 1.03. The van der Waals surface area contributed by atoms with E-state index in [9.17, 15) is 9.59 Å². The highest BCUT2D eigenvalue weighted by Crippen LogP contribution is 2.18. The SMILES string of the molecule is CCCCNC(=O)N1CCN(CCN(C/C=C/c2ccccc2OC)C(=O)CCCC)CC1. The Morgan fingerprint density at radius 1 is 1.09 bits per heavy atom. The minimum Gasteiger partial charge on any atom is -0.496 e. The van der Waals surface area contributed by atoms with E-state index in [-0.39, 0.29) is 11.9 Å². The van der Waals surface area contributed by atoms with Crippen LogP contribution in [-0.2, 0) is 4.79 Å². The van der Waals surface area contributed by atoms with Crippen LogP contribution in [0.25, 0.3) is 6.08 Å².